The minimum atomic E-state index is -5.05. The maximum absolute atomic E-state index is 14.1. The van der Waals surface area contributed by atoms with Gasteiger partial charge >= 0.3 is 12.2 Å². The van der Waals surface area contributed by atoms with Gasteiger partial charge in [-0.3, -0.25) is 0 Å². The number of benzene rings is 1. The molecule has 0 N–H and O–H groups in total. The lowest BCUT2D eigenvalue weighted by Crippen LogP contribution is -2.23. The van der Waals surface area contributed by atoms with Crippen molar-refractivity contribution < 1.29 is 31.1 Å². The summed E-state index contributed by atoms with van der Waals surface area (Å²) in [6.45, 7) is -1.68. The van der Waals surface area contributed by atoms with Gasteiger partial charge in [-0.1, -0.05) is 11.6 Å². The number of nitrogens with zero attached hydrogens (tertiary/aromatic N) is 5. The van der Waals surface area contributed by atoms with E-state index in [1.54, 1.807) is 6.07 Å². The first-order valence-electron chi connectivity index (χ1n) is 8.44. The van der Waals surface area contributed by atoms with E-state index in [1.165, 1.54) is 18.5 Å². The number of hydrogen-bond donors (Lipinski definition) is 0. The predicted molar refractivity (Wildman–Crippen MR) is 95.8 cm³/mol. The van der Waals surface area contributed by atoms with Crippen LogP contribution in [0.25, 0.3) is 10.9 Å². The molecule has 162 valence electrons. The first-order chi connectivity index (χ1) is 14.6. The third-order valence-corrected chi connectivity index (χ3v) is 4.18. The molecule has 2 aromatic heterocycles. The Balaban J connectivity index is 2.25. The van der Waals surface area contributed by atoms with Gasteiger partial charge in [0.2, 0.25) is 5.82 Å². The van der Waals surface area contributed by atoms with E-state index < -0.39 is 48.7 Å². The Kier molecular flexibility index (Phi) is 6.45. The van der Waals surface area contributed by atoms with E-state index in [0.717, 1.165) is 6.07 Å². The SMILES string of the molecule is N#Cc1ccc(Oc2ncc(Cl)cn2)c2c(CC(F)C(F)CF)nc(C(F)(F)F)nc12. The molecule has 1 aromatic carbocycles. The molecule has 0 aliphatic heterocycles. The molecule has 0 spiro atoms. The van der Waals surface area contributed by atoms with E-state index in [1.807, 2.05) is 0 Å². The van der Waals surface area contributed by atoms with Gasteiger partial charge < -0.3 is 4.74 Å². The molecular formula is C18H10ClF6N5O. The lowest BCUT2D eigenvalue weighted by molar-refractivity contribution is -0.144. The van der Waals surface area contributed by atoms with Crippen LogP contribution in [-0.4, -0.2) is 39.0 Å². The largest absolute Gasteiger partial charge is 0.451 e. The lowest BCUT2D eigenvalue weighted by atomic mass is 10.0. The zero-order valence-corrected chi connectivity index (χ0v) is 15.9. The normalized spacial score (nSPS) is 13.6. The zero-order valence-electron chi connectivity index (χ0n) is 15.2. The molecule has 0 aliphatic carbocycles. The van der Waals surface area contributed by atoms with E-state index in [0.29, 0.717) is 0 Å². The van der Waals surface area contributed by atoms with Crippen LogP contribution in [0.1, 0.15) is 17.1 Å². The number of halogens is 7. The topological polar surface area (TPSA) is 84.6 Å². The highest BCUT2D eigenvalue weighted by Crippen LogP contribution is 2.36. The molecule has 6 nitrogen and oxygen atoms in total. The summed E-state index contributed by atoms with van der Waals surface area (Å²) in [4.78, 5) is 14.2. The Bertz CT molecular complexity index is 1140. The van der Waals surface area contributed by atoms with E-state index in [-0.39, 0.29) is 27.7 Å². The second kappa shape index (κ2) is 8.89. The summed E-state index contributed by atoms with van der Waals surface area (Å²) < 4.78 is 85.4. The molecule has 0 radical (unpaired) electrons. The third kappa shape index (κ3) is 4.93. The number of aromatic nitrogens is 4. The third-order valence-electron chi connectivity index (χ3n) is 3.99. The fourth-order valence-electron chi connectivity index (χ4n) is 2.59. The highest BCUT2D eigenvalue weighted by atomic mass is 35.5. The van der Waals surface area contributed by atoms with Gasteiger partial charge in [-0.15, -0.1) is 0 Å². The minimum Gasteiger partial charge on any atom is -0.424 e. The molecule has 13 heteroatoms. The maximum atomic E-state index is 14.1. The summed E-state index contributed by atoms with van der Waals surface area (Å²) in [6.07, 6.45) is -8.80. The molecular weight excluding hydrogens is 452 g/mol. The number of nitriles is 1. The van der Waals surface area contributed by atoms with E-state index in [9.17, 15) is 31.6 Å². The molecule has 3 aromatic rings. The Morgan fingerprint density at radius 2 is 1.77 bits per heavy atom. The fraction of sp³-hybridized carbons (Fsp3) is 0.278. The van der Waals surface area contributed by atoms with Gasteiger partial charge in [-0.2, -0.15) is 18.4 Å². The zero-order chi connectivity index (χ0) is 22.8. The highest BCUT2D eigenvalue weighted by molar-refractivity contribution is 6.30. The fourth-order valence-corrected chi connectivity index (χ4v) is 2.69. The number of fused-ring (bicyclic) bond motifs is 1. The summed E-state index contributed by atoms with van der Waals surface area (Å²) in [5.74, 6) is -1.89. The molecule has 0 fully saturated rings. The van der Waals surface area contributed by atoms with Crippen molar-refractivity contribution in [3.05, 3.63) is 46.6 Å². The van der Waals surface area contributed by atoms with Crippen molar-refractivity contribution in [3.63, 3.8) is 0 Å². The van der Waals surface area contributed by atoms with Crippen LogP contribution in [0, 0.1) is 11.3 Å². The van der Waals surface area contributed by atoms with Crippen LogP contribution in [-0.2, 0) is 12.6 Å². The predicted octanol–water partition coefficient (Wildman–Crippen LogP) is 4.94. The average Bonchev–Trinajstić information content (AvgIpc) is 2.73. The Hall–Kier alpha value is -3.20. The van der Waals surface area contributed by atoms with Crippen molar-refractivity contribution in [1.29, 1.82) is 5.26 Å². The molecule has 2 heterocycles. The molecule has 0 saturated carbocycles. The van der Waals surface area contributed by atoms with Crippen LogP contribution >= 0.6 is 11.6 Å². The van der Waals surface area contributed by atoms with Gasteiger partial charge in [-0.25, -0.2) is 33.1 Å². The summed E-state index contributed by atoms with van der Waals surface area (Å²) in [7, 11) is 0. The molecule has 2 unspecified atom stereocenters. The monoisotopic (exact) mass is 461 g/mol. The Morgan fingerprint density at radius 3 is 2.35 bits per heavy atom. The Morgan fingerprint density at radius 1 is 1.10 bits per heavy atom. The smallest absolute Gasteiger partial charge is 0.424 e. The summed E-state index contributed by atoms with van der Waals surface area (Å²) in [5, 5.41) is 9.17. The lowest BCUT2D eigenvalue weighted by Gasteiger charge is -2.16. The van der Waals surface area contributed by atoms with E-state index in [2.05, 4.69) is 19.9 Å². The first kappa shape index (κ1) is 22.5. The summed E-state index contributed by atoms with van der Waals surface area (Å²) >= 11 is 5.68. The standard InChI is InChI=1S/C18H10ClF6N5O/c19-9-6-27-17(28-7-9)31-13-2-1-8(5-26)15-14(13)12(3-10(21)11(22)4-20)29-16(30-15)18(23,24)25/h1-2,6-7,10-11H,3-4H2. The van der Waals surface area contributed by atoms with Crippen molar-refractivity contribution in [1.82, 2.24) is 19.9 Å². The van der Waals surface area contributed by atoms with Gasteiger partial charge in [0.05, 0.1) is 39.6 Å². The van der Waals surface area contributed by atoms with Crippen molar-refractivity contribution in [2.24, 2.45) is 0 Å². The van der Waals surface area contributed by atoms with Crippen LogP contribution in [0.3, 0.4) is 0 Å². The maximum Gasteiger partial charge on any atom is 0.451 e. The van der Waals surface area contributed by atoms with Gasteiger partial charge in [0.1, 0.15) is 24.7 Å². The first-order valence-corrected chi connectivity index (χ1v) is 8.82. The van der Waals surface area contributed by atoms with Gasteiger partial charge in [0.25, 0.3) is 0 Å². The second-order valence-electron chi connectivity index (χ2n) is 6.11. The van der Waals surface area contributed by atoms with Gasteiger partial charge in [0, 0.05) is 6.42 Å². The molecule has 0 saturated heterocycles. The number of hydrogen-bond acceptors (Lipinski definition) is 6. The second-order valence-corrected chi connectivity index (χ2v) is 6.55. The number of ether oxygens (including phenoxy) is 1. The van der Waals surface area contributed by atoms with E-state index >= 15 is 0 Å². The Labute approximate surface area is 175 Å². The van der Waals surface area contributed by atoms with Crippen molar-refractivity contribution in [3.8, 4) is 17.8 Å². The molecule has 31 heavy (non-hydrogen) atoms. The van der Waals surface area contributed by atoms with E-state index in [4.69, 9.17) is 16.3 Å². The van der Waals surface area contributed by atoms with Crippen LogP contribution in [0.2, 0.25) is 5.02 Å². The van der Waals surface area contributed by atoms with Crippen LogP contribution in [0.4, 0.5) is 26.3 Å². The molecule has 0 amide bonds. The summed E-state index contributed by atoms with van der Waals surface area (Å²) in [5.41, 5.74) is -1.43. The minimum absolute atomic E-state index is 0.177. The highest BCUT2D eigenvalue weighted by Gasteiger charge is 2.37. The number of rotatable bonds is 6. The van der Waals surface area contributed by atoms with Crippen molar-refractivity contribution in [2.45, 2.75) is 24.9 Å². The van der Waals surface area contributed by atoms with Crippen molar-refractivity contribution >= 4 is 22.5 Å². The van der Waals surface area contributed by atoms with Crippen LogP contribution in [0.5, 0.6) is 11.8 Å². The average molecular weight is 462 g/mol. The van der Waals surface area contributed by atoms with Gasteiger partial charge in [0.15, 0.2) is 6.17 Å². The van der Waals surface area contributed by atoms with Crippen molar-refractivity contribution in [2.75, 3.05) is 6.67 Å². The molecule has 3 rings (SSSR count). The van der Waals surface area contributed by atoms with Crippen LogP contribution in [0.15, 0.2) is 24.5 Å². The number of alkyl halides is 6. The van der Waals surface area contributed by atoms with Crippen LogP contribution < -0.4 is 4.74 Å². The van der Waals surface area contributed by atoms with Gasteiger partial charge in [-0.05, 0) is 12.1 Å². The summed E-state index contributed by atoms with van der Waals surface area (Å²) in [6, 6.07) is 3.71. The molecule has 2 atom stereocenters. The quantitative estimate of drug-likeness (QED) is 0.483. The molecule has 0 aliphatic rings. The molecule has 0 bridgehead atoms.